The van der Waals surface area contributed by atoms with E-state index in [9.17, 15) is 19.2 Å². The fourth-order valence-electron chi connectivity index (χ4n) is 11.7. The lowest BCUT2D eigenvalue weighted by Gasteiger charge is -2.46. The van der Waals surface area contributed by atoms with Gasteiger partial charge in [0.1, 0.15) is 5.82 Å². The number of ketones is 1. The predicted octanol–water partition coefficient (Wildman–Crippen LogP) is 7.67. The van der Waals surface area contributed by atoms with Crippen LogP contribution in [0.2, 0.25) is 0 Å². The number of anilines is 1. The molecule has 10 nitrogen and oxygen atoms in total. The molecule has 4 aliphatic carbocycles. The number of allylic oxidation sites excluding steroid dienone is 4. The number of ether oxygens (including phenoxy) is 1. The van der Waals surface area contributed by atoms with Gasteiger partial charge >= 0.3 is 0 Å². The van der Waals surface area contributed by atoms with Crippen molar-refractivity contribution in [1.82, 2.24) is 20.0 Å². The molecule has 3 aromatic carbocycles. The van der Waals surface area contributed by atoms with Crippen molar-refractivity contribution in [3.8, 4) is 0 Å². The Kier molecular flexibility index (Phi) is 10.5. The van der Waals surface area contributed by atoms with E-state index in [1.165, 1.54) is 41.3 Å². The van der Waals surface area contributed by atoms with Gasteiger partial charge in [0.25, 0.3) is 11.5 Å². The number of hydrogen-bond acceptors (Lipinski definition) is 7. The molecule has 2 amide bonds. The lowest BCUT2D eigenvalue weighted by atomic mass is 9.58. The number of aromatic nitrogens is 2. The zero-order chi connectivity index (χ0) is 41.8. The molecule has 5 unspecified atom stereocenters. The van der Waals surface area contributed by atoms with E-state index >= 15 is 4.39 Å². The van der Waals surface area contributed by atoms with Crippen molar-refractivity contribution < 1.29 is 23.5 Å². The number of piperazine rings is 1. The van der Waals surface area contributed by atoms with Crippen LogP contribution in [0.1, 0.15) is 104 Å². The molecule has 2 aliphatic heterocycles. The number of H-pyrrole nitrogens is 1. The zero-order valence-corrected chi connectivity index (χ0v) is 35.0. The van der Waals surface area contributed by atoms with Crippen LogP contribution in [0.15, 0.2) is 94.3 Å². The molecule has 2 saturated carbocycles. The Morgan fingerprint density at radius 2 is 1.69 bits per heavy atom. The Morgan fingerprint density at radius 3 is 2.49 bits per heavy atom. The summed E-state index contributed by atoms with van der Waals surface area (Å²) in [6.45, 7) is 2.43. The number of carbonyl (C=O) groups excluding carboxylic acids is 3. The van der Waals surface area contributed by atoms with Crippen molar-refractivity contribution in [2.24, 2.45) is 11.8 Å². The molecule has 1 spiro atoms. The normalized spacial score (nSPS) is 25.4. The molecular formula is C50H54FN5O5. The molecule has 0 bridgehead atoms. The van der Waals surface area contributed by atoms with Crippen molar-refractivity contribution in [3.63, 3.8) is 0 Å². The SMILES string of the molecule is CN(CCCCCC(=O)N1CCN(C(=O)c2cc(Cc3n[nH]c(=O)c4ccccc34)ccc2F)CC1)c1ccc(C2CC34OC3CCC4C3CCC4=CC(=O)CCC4=C23)cc1. The first-order valence-corrected chi connectivity index (χ1v) is 22.4. The van der Waals surface area contributed by atoms with Gasteiger partial charge in [-0.1, -0.05) is 48.4 Å². The summed E-state index contributed by atoms with van der Waals surface area (Å²) in [4.78, 5) is 57.0. The van der Waals surface area contributed by atoms with Crippen LogP contribution in [0, 0.1) is 17.7 Å². The molecule has 2 saturated heterocycles. The summed E-state index contributed by atoms with van der Waals surface area (Å²) in [5, 5.41) is 8.01. The van der Waals surface area contributed by atoms with E-state index in [1.54, 1.807) is 34.7 Å². The minimum absolute atomic E-state index is 0.00457. The first-order valence-electron chi connectivity index (χ1n) is 22.4. The van der Waals surface area contributed by atoms with Crippen LogP contribution in [-0.4, -0.2) is 89.1 Å². The van der Waals surface area contributed by atoms with Gasteiger partial charge in [-0.2, -0.15) is 5.10 Å². The van der Waals surface area contributed by atoms with Gasteiger partial charge < -0.3 is 19.4 Å². The number of benzene rings is 3. The number of fused-ring (bicyclic) bond motifs is 4. The Hall–Kier alpha value is -5.42. The molecule has 1 N–H and O–H groups in total. The zero-order valence-electron chi connectivity index (χ0n) is 35.0. The van der Waals surface area contributed by atoms with Crippen molar-refractivity contribution in [2.45, 2.75) is 94.7 Å². The first-order chi connectivity index (χ1) is 29.7. The molecule has 0 radical (unpaired) electrons. The summed E-state index contributed by atoms with van der Waals surface area (Å²) < 4.78 is 21.5. The maximum atomic E-state index is 15.0. The lowest BCUT2D eigenvalue weighted by Crippen LogP contribution is -2.50. The maximum absolute atomic E-state index is 15.0. The van der Waals surface area contributed by atoms with Gasteiger partial charge in [-0.25, -0.2) is 9.49 Å². The van der Waals surface area contributed by atoms with Crippen LogP contribution in [0.5, 0.6) is 0 Å². The average Bonchev–Trinajstić information content (AvgIpc) is 3.85. The Labute approximate surface area is 355 Å². The summed E-state index contributed by atoms with van der Waals surface area (Å²) in [5.41, 5.74) is 8.09. The third-order valence-corrected chi connectivity index (χ3v) is 14.9. The van der Waals surface area contributed by atoms with E-state index < -0.39 is 11.7 Å². The summed E-state index contributed by atoms with van der Waals surface area (Å²) in [6, 6.07) is 20.9. The smallest absolute Gasteiger partial charge is 0.272 e. The van der Waals surface area contributed by atoms with E-state index in [2.05, 4.69) is 46.4 Å². The number of nitrogens with zero attached hydrogens (tertiary/aromatic N) is 4. The highest BCUT2D eigenvalue weighted by atomic mass is 19.1. The largest absolute Gasteiger partial charge is 0.375 e. The molecule has 1 aromatic heterocycles. The van der Waals surface area contributed by atoms with E-state index in [0.717, 1.165) is 51.5 Å². The van der Waals surface area contributed by atoms with Crippen LogP contribution in [0.25, 0.3) is 10.8 Å². The lowest BCUT2D eigenvalue weighted by molar-refractivity contribution is -0.132. The second kappa shape index (κ2) is 16.1. The van der Waals surface area contributed by atoms with Gasteiger partial charge in [-0.3, -0.25) is 19.2 Å². The van der Waals surface area contributed by atoms with Gasteiger partial charge in [-0.05, 0) is 122 Å². The fourth-order valence-corrected chi connectivity index (χ4v) is 11.7. The van der Waals surface area contributed by atoms with Crippen LogP contribution in [0.3, 0.4) is 0 Å². The van der Waals surface area contributed by atoms with Crippen molar-refractivity contribution >= 4 is 34.1 Å². The van der Waals surface area contributed by atoms with Crippen molar-refractivity contribution in [3.05, 3.63) is 128 Å². The molecule has 5 atom stereocenters. The minimum atomic E-state index is -0.589. The second-order valence-corrected chi connectivity index (χ2v) is 18.2. The predicted molar refractivity (Wildman–Crippen MR) is 232 cm³/mol. The van der Waals surface area contributed by atoms with Gasteiger partial charge in [0.15, 0.2) is 5.78 Å². The number of halogens is 1. The highest BCUT2D eigenvalue weighted by Gasteiger charge is 2.70. The Morgan fingerprint density at radius 1 is 0.902 bits per heavy atom. The Bertz CT molecular complexity index is 2520. The molecular weight excluding hydrogens is 770 g/mol. The number of hydrogen-bond donors (Lipinski definition) is 1. The summed E-state index contributed by atoms with van der Waals surface area (Å²) >= 11 is 0. The molecule has 4 aromatic rings. The van der Waals surface area contributed by atoms with Gasteiger partial charge in [0, 0.05) is 76.0 Å². The van der Waals surface area contributed by atoms with E-state index in [4.69, 9.17) is 4.74 Å². The number of epoxide rings is 1. The van der Waals surface area contributed by atoms with Crippen molar-refractivity contribution in [1.29, 1.82) is 0 Å². The third kappa shape index (κ3) is 7.42. The standard InChI is InChI=1S/C50H54FN5O5/c1-54(34-14-11-32(12-15-34)41-30-50-42(19-21-45(50)61-50)39-17-13-33-29-35(57)16-18-36(33)47(39)41)22-6-2-3-9-46(58)55-23-25-56(26-24-55)49(60)40-27-31(10-20-43(40)51)28-44-37-7-4-5-8-38(37)48(59)53-52-44/h4-5,7-8,10-12,14-15,20,27,29,39,41-42,45H,2-3,6,9,13,16-19,21-26,28,30H2,1H3,(H,53,59). The molecule has 4 fully saturated rings. The number of aromatic amines is 1. The van der Waals surface area contributed by atoms with Crippen LogP contribution in [-0.2, 0) is 20.7 Å². The highest BCUT2D eigenvalue weighted by Crippen LogP contribution is 2.68. The van der Waals surface area contributed by atoms with E-state index in [1.807, 2.05) is 23.1 Å². The summed E-state index contributed by atoms with van der Waals surface area (Å²) in [5.74, 6) is 0.933. The number of amides is 2. The summed E-state index contributed by atoms with van der Waals surface area (Å²) in [7, 11) is 2.14. The van der Waals surface area contributed by atoms with Crippen molar-refractivity contribution in [2.75, 3.05) is 44.7 Å². The van der Waals surface area contributed by atoms with E-state index in [-0.39, 0.29) is 28.4 Å². The fraction of sp³-hybridized carbons (Fsp3) is 0.460. The quantitative estimate of drug-likeness (QED) is 0.122. The van der Waals surface area contributed by atoms with Crippen LogP contribution in [0.4, 0.5) is 10.1 Å². The van der Waals surface area contributed by atoms with Gasteiger partial charge in [0.05, 0.1) is 28.3 Å². The van der Waals surface area contributed by atoms with Crippen LogP contribution >= 0.6 is 0 Å². The third-order valence-electron chi connectivity index (χ3n) is 14.9. The maximum Gasteiger partial charge on any atom is 0.272 e. The highest BCUT2D eigenvalue weighted by molar-refractivity contribution is 5.95. The molecule has 6 aliphatic rings. The number of unbranched alkanes of at least 4 members (excludes halogenated alkanes) is 2. The Balaban J connectivity index is 0.691. The minimum Gasteiger partial charge on any atom is -0.375 e. The second-order valence-electron chi connectivity index (χ2n) is 18.2. The monoisotopic (exact) mass is 823 g/mol. The molecule has 316 valence electrons. The topological polar surface area (TPSA) is 119 Å². The van der Waals surface area contributed by atoms with E-state index in [0.29, 0.717) is 91.3 Å². The molecule has 11 heteroatoms. The average molecular weight is 824 g/mol. The number of nitrogens with one attached hydrogen (secondary N) is 1. The van der Waals surface area contributed by atoms with Crippen LogP contribution < -0.4 is 10.5 Å². The van der Waals surface area contributed by atoms with Gasteiger partial charge in [0.2, 0.25) is 5.91 Å². The first kappa shape index (κ1) is 39.7. The van der Waals surface area contributed by atoms with Gasteiger partial charge in [-0.15, -0.1) is 0 Å². The molecule has 3 heterocycles. The summed E-state index contributed by atoms with van der Waals surface area (Å²) in [6.07, 6.45) is 13.1. The molecule has 61 heavy (non-hydrogen) atoms. The number of rotatable bonds is 11. The molecule has 10 rings (SSSR count). The number of carbonyl (C=O) groups is 3.